The van der Waals surface area contributed by atoms with Gasteiger partial charge >= 0.3 is 0 Å². The minimum Gasteiger partial charge on any atom is -0.484 e. The second kappa shape index (κ2) is 7.16. The van der Waals surface area contributed by atoms with E-state index in [0.717, 1.165) is 19.4 Å². The van der Waals surface area contributed by atoms with Gasteiger partial charge in [0.15, 0.2) is 6.61 Å². The molecule has 0 radical (unpaired) electrons. The number of piperidine rings is 1. The number of nitrogens with two attached hydrogens (primary N) is 1. The summed E-state index contributed by atoms with van der Waals surface area (Å²) in [5.41, 5.74) is 5.60. The summed E-state index contributed by atoms with van der Waals surface area (Å²) >= 11 is 0. The van der Waals surface area contributed by atoms with Crippen molar-refractivity contribution in [1.82, 2.24) is 14.7 Å². The summed E-state index contributed by atoms with van der Waals surface area (Å²) in [7, 11) is 0. The Kier molecular flexibility index (Phi) is 4.79. The van der Waals surface area contributed by atoms with Crippen LogP contribution in [0.5, 0.6) is 5.75 Å². The third-order valence-electron chi connectivity index (χ3n) is 4.13. The van der Waals surface area contributed by atoms with Gasteiger partial charge in [0.1, 0.15) is 5.75 Å². The molecule has 1 aliphatic heterocycles. The van der Waals surface area contributed by atoms with Gasteiger partial charge in [0, 0.05) is 31.0 Å². The number of carbonyl (C=O) groups is 2. The molecule has 2 amide bonds. The standard InChI is InChI=1S/C17H20N4O3/c18-17(23)13-4-1-6-15(10-13)24-12-16(22)20-8-2-5-14(11-20)21-9-3-7-19-21/h1,3-4,6-7,9-10,14H,2,5,8,11-12H2,(H2,18,23)/t14-/m1/s1. The molecule has 126 valence electrons. The highest BCUT2D eigenvalue weighted by Crippen LogP contribution is 2.21. The van der Waals surface area contributed by atoms with Gasteiger partial charge in [0.05, 0.1) is 6.04 Å². The van der Waals surface area contributed by atoms with E-state index in [2.05, 4.69) is 5.10 Å². The number of amides is 2. The van der Waals surface area contributed by atoms with E-state index in [0.29, 0.717) is 17.9 Å². The first-order valence-corrected chi connectivity index (χ1v) is 7.93. The van der Waals surface area contributed by atoms with E-state index < -0.39 is 5.91 Å². The van der Waals surface area contributed by atoms with Crippen LogP contribution >= 0.6 is 0 Å². The van der Waals surface area contributed by atoms with E-state index >= 15 is 0 Å². The summed E-state index contributed by atoms with van der Waals surface area (Å²) in [6.45, 7) is 1.29. The second-order valence-corrected chi connectivity index (χ2v) is 5.80. The molecule has 3 rings (SSSR count). The van der Waals surface area contributed by atoms with E-state index in [-0.39, 0.29) is 18.6 Å². The van der Waals surface area contributed by atoms with Crippen LogP contribution in [-0.4, -0.2) is 46.2 Å². The van der Waals surface area contributed by atoms with Crippen LogP contribution in [0.4, 0.5) is 0 Å². The monoisotopic (exact) mass is 328 g/mol. The Morgan fingerprint density at radius 2 is 2.21 bits per heavy atom. The third kappa shape index (κ3) is 3.73. The fourth-order valence-electron chi connectivity index (χ4n) is 2.87. The second-order valence-electron chi connectivity index (χ2n) is 5.80. The van der Waals surface area contributed by atoms with Gasteiger partial charge in [-0.2, -0.15) is 5.10 Å². The lowest BCUT2D eigenvalue weighted by Crippen LogP contribution is -2.43. The molecule has 7 nitrogen and oxygen atoms in total. The molecule has 0 saturated carbocycles. The first kappa shape index (κ1) is 16.0. The van der Waals surface area contributed by atoms with Gasteiger partial charge in [-0.3, -0.25) is 14.3 Å². The Bertz CT molecular complexity index is 714. The number of hydrogen-bond donors (Lipinski definition) is 1. The molecule has 2 aromatic rings. The van der Waals surface area contributed by atoms with Crippen LogP contribution in [0.15, 0.2) is 42.7 Å². The van der Waals surface area contributed by atoms with Crippen LogP contribution in [0.3, 0.4) is 0 Å². The van der Waals surface area contributed by atoms with Crippen molar-refractivity contribution in [3.63, 3.8) is 0 Å². The Morgan fingerprint density at radius 3 is 2.96 bits per heavy atom. The average Bonchev–Trinajstić information content (AvgIpc) is 3.15. The molecule has 24 heavy (non-hydrogen) atoms. The molecule has 0 spiro atoms. The molecular formula is C17H20N4O3. The highest BCUT2D eigenvalue weighted by molar-refractivity contribution is 5.93. The van der Waals surface area contributed by atoms with Crippen LogP contribution in [0.25, 0.3) is 0 Å². The molecule has 0 bridgehead atoms. The molecule has 1 fully saturated rings. The largest absolute Gasteiger partial charge is 0.484 e. The smallest absolute Gasteiger partial charge is 0.260 e. The number of rotatable bonds is 5. The van der Waals surface area contributed by atoms with E-state index in [1.165, 1.54) is 0 Å². The summed E-state index contributed by atoms with van der Waals surface area (Å²) in [6.07, 6.45) is 5.61. The van der Waals surface area contributed by atoms with Gasteiger partial charge in [-0.05, 0) is 37.1 Å². The van der Waals surface area contributed by atoms with Crippen LogP contribution < -0.4 is 10.5 Å². The van der Waals surface area contributed by atoms with E-state index in [1.54, 1.807) is 35.4 Å². The molecule has 1 aromatic heterocycles. The Balaban J connectivity index is 1.57. The minimum atomic E-state index is -0.523. The Labute approximate surface area is 140 Å². The summed E-state index contributed by atoms with van der Waals surface area (Å²) < 4.78 is 7.42. The molecule has 1 aromatic carbocycles. The number of carbonyl (C=O) groups excluding carboxylic acids is 2. The van der Waals surface area contributed by atoms with Gasteiger partial charge < -0.3 is 15.4 Å². The van der Waals surface area contributed by atoms with Crippen molar-refractivity contribution < 1.29 is 14.3 Å². The van der Waals surface area contributed by atoms with Gasteiger partial charge in [-0.1, -0.05) is 6.07 Å². The van der Waals surface area contributed by atoms with Gasteiger partial charge in [0.2, 0.25) is 5.91 Å². The summed E-state index contributed by atoms with van der Waals surface area (Å²) in [5.74, 6) is -0.138. The van der Waals surface area contributed by atoms with Crippen molar-refractivity contribution >= 4 is 11.8 Å². The molecule has 1 atom stereocenters. The Morgan fingerprint density at radius 1 is 1.33 bits per heavy atom. The molecule has 2 N–H and O–H groups in total. The molecule has 0 aliphatic carbocycles. The number of primary amides is 1. The normalized spacial score (nSPS) is 17.5. The fraction of sp³-hybridized carbons (Fsp3) is 0.353. The molecule has 2 heterocycles. The summed E-state index contributed by atoms with van der Waals surface area (Å²) in [6, 6.07) is 8.61. The number of aromatic nitrogens is 2. The molecule has 0 unspecified atom stereocenters. The summed E-state index contributed by atoms with van der Waals surface area (Å²) in [5, 5.41) is 4.26. The zero-order valence-corrected chi connectivity index (χ0v) is 13.3. The third-order valence-corrected chi connectivity index (χ3v) is 4.13. The molecule has 1 aliphatic rings. The molecular weight excluding hydrogens is 308 g/mol. The number of ether oxygens (including phenoxy) is 1. The highest BCUT2D eigenvalue weighted by atomic mass is 16.5. The van der Waals surface area contributed by atoms with E-state index in [9.17, 15) is 9.59 Å². The van der Waals surface area contributed by atoms with Crippen LogP contribution in [0, 0.1) is 0 Å². The van der Waals surface area contributed by atoms with Crippen LogP contribution in [0.1, 0.15) is 29.2 Å². The number of likely N-dealkylation sites (tertiary alicyclic amines) is 1. The first-order valence-electron chi connectivity index (χ1n) is 7.93. The lowest BCUT2D eigenvalue weighted by molar-refractivity contribution is -0.135. The van der Waals surface area contributed by atoms with Crippen LogP contribution in [0.2, 0.25) is 0 Å². The number of hydrogen-bond acceptors (Lipinski definition) is 4. The lowest BCUT2D eigenvalue weighted by atomic mass is 10.1. The van der Waals surface area contributed by atoms with E-state index in [4.69, 9.17) is 10.5 Å². The maximum absolute atomic E-state index is 12.4. The fourth-order valence-corrected chi connectivity index (χ4v) is 2.87. The van der Waals surface area contributed by atoms with Gasteiger partial charge in [-0.15, -0.1) is 0 Å². The van der Waals surface area contributed by atoms with Crippen LogP contribution in [-0.2, 0) is 4.79 Å². The van der Waals surface area contributed by atoms with Gasteiger partial charge in [0.25, 0.3) is 5.91 Å². The van der Waals surface area contributed by atoms with E-state index in [1.807, 2.05) is 16.9 Å². The zero-order chi connectivity index (χ0) is 16.9. The molecule has 7 heteroatoms. The lowest BCUT2D eigenvalue weighted by Gasteiger charge is -2.32. The maximum Gasteiger partial charge on any atom is 0.260 e. The predicted octanol–water partition coefficient (Wildman–Crippen LogP) is 1.22. The number of nitrogens with zero attached hydrogens (tertiary/aromatic N) is 3. The zero-order valence-electron chi connectivity index (χ0n) is 13.3. The van der Waals surface area contributed by atoms with Crippen molar-refractivity contribution in [2.75, 3.05) is 19.7 Å². The quantitative estimate of drug-likeness (QED) is 0.893. The van der Waals surface area contributed by atoms with Gasteiger partial charge in [-0.25, -0.2) is 0 Å². The predicted molar refractivity (Wildman–Crippen MR) is 87.5 cm³/mol. The molecule has 1 saturated heterocycles. The van der Waals surface area contributed by atoms with Crippen molar-refractivity contribution in [1.29, 1.82) is 0 Å². The highest BCUT2D eigenvalue weighted by Gasteiger charge is 2.25. The maximum atomic E-state index is 12.4. The van der Waals surface area contributed by atoms with Crippen molar-refractivity contribution in [3.8, 4) is 5.75 Å². The average molecular weight is 328 g/mol. The van der Waals surface area contributed by atoms with Crippen molar-refractivity contribution in [2.24, 2.45) is 5.73 Å². The van der Waals surface area contributed by atoms with Crippen molar-refractivity contribution in [2.45, 2.75) is 18.9 Å². The topological polar surface area (TPSA) is 90.5 Å². The van der Waals surface area contributed by atoms with Crippen molar-refractivity contribution in [3.05, 3.63) is 48.3 Å². The first-order chi connectivity index (χ1) is 11.6. The Hall–Kier alpha value is -2.83. The minimum absolute atomic E-state index is 0.0615. The summed E-state index contributed by atoms with van der Waals surface area (Å²) in [4.78, 5) is 25.4. The number of benzene rings is 1. The SMILES string of the molecule is NC(=O)c1cccc(OCC(=O)N2CCC[C@@H](n3cccn3)C2)c1.